The highest BCUT2D eigenvalue weighted by atomic mass is 32.2. The lowest BCUT2D eigenvalue weighted by molar-refractivity contribution is 0.390. The molecule has 1 aliphatic heterocycles. The summed E-state index contributed by atoms with van der Waals surface area (Å²) in [5.41, 5.74) is 2.18. The van der Waals surface area contributed by atoms with Crippen molar-refractivity contribution in [2.75, 3.05) is 11.9 Å². The fourth-order valence-corrected chi connectivity index (χ4v) is 5.84. The minimum absolute atomic E-state index is 0.283. The lowest BCUT2D eigenvalue weighted by atomic mass is 10.1. The van der Waals surface area contributed by atoms with Gasteiger partial charge in [-0.2, -0.15) is 9.40 Å². The molecular weight excluding hydrogens is 412 g/mol. The van der Waals surface area contributed by atoms with Gasteiger partial charge in [-0.15, -0.1) is 0 Å². The molecule has 1 saturated heterocycles. The first-order chi connectivity index (χ1) is 14.9. The minimum atomic E-state index is -3.66. The molecule has 0 bridgehead atoms. The van der Waals surface area contributed by atoms with Crippen molar-refractivity contribution in [1.82, 2.24) is 24.1 Å². The lowest BCUT2D eigenvalue weighted by Gasteiger charge is -2.23. The number of hydrogen-bond acceptors (Lipinski definition) is 6. The summed E-state index contributed by atoms with van der Waals surface area (Å²) in [7, 11) is -3.66. The predicted molar refractivity (Wildman–Crippen MR) is 120 cm³/mol. The SMILES string of the molecule is CCCn1cc(S(=O)(=O)N2CCC[C@H]2c2cccc(Nc3cccc(C)n3)n2)c(C)n1. The van der Waals surface area contributed by atoms with Crippen LogP contribution in [0.15, 0.2) is 47.5 Å². The zero-order valence-electron chi connectivity index (χ0n) is 18.1. The number of anilines is 2. The largest absolute Gasteiger partial charge is 0.325 e. The second-order valence-corrected chi connectivity index (χ2v) is 9.71. The van der Waals surface area contributed by atoms with Crippen LogP contribution in [0.1, 0.15) is 49.3 Å². The number of sulfonamides is 1. The molecule has 0 amide bonds. The highest BCUT2D eigenvalue weighted by Crippen LogP contribution is 2.36. The molecule has 0 aromatic carbocycles. The molecule has 0 radical (unpaired) electrons. The monoisotopic (exact) mass is 440 g/mol. The molecule has 3 aromatic rings. The Labute approximate surface area is 183 Å². The predicted octanol–water partition coefficient (Wildman–Crippen LogP) is 3.97. The van der Waals surface area contributed by atoms with Crippen LogP contribution >= 0.6 is 0 Å². The lowest BCUT2D eigenvalue weighted by Crippen LogP contribution is -2.31. The quantitative estimate of drug-likeness (QED) is 0.598. The smallest absolute Gasteiger partial charge is 0.247 e. The highest BCUT2D eigenvalue weighted by molar-refractivity contribution is 7.89. The number of aromatic nitrogens is 4. The summed E-state index contributed by atoms with van der Waals surface area (Å²) in [6.45, 7) is 6.90. The van der Waals surface area contributed by atoms with Gasteiger partial charge in [-0.05, 0) is 57.4 Å². The van der Waals surface area contributed by atoms with Crippen molar-refractivity contribution in [3.63, 3.8) is 0 Å². The van der Waals surface area contributed by atoms with Crippen molar-refractivity contribution in [3.05, 3.63) is 59.7 Å². The van der Waals surface area contributed by atoms with Crippen LogP contribution in [0.25, 0.3) is 0 Å². The molecule has 1 fully saturated rings. The van der Waals surface area contributed by atoms with Crippen LogP contribution in [0.2, 0.25) is 0 Å². The van der Waals surface area contributed by atoms with Crippen molar-refractivity contribution in [2.24, 2.45) is 0 Å². The second-order valence-electron chi connectivity index (χ2n) is 7.85. The average molecular weight is 441 g/mol. The molecular formula is C22H28N6O2S. The molecule has 0 spiro atoms. The van der Waals surface area contributed by atoms with Gasteiger partial charge in [-0.25, -0.2) is 18.4 Å². The van der Waals surface area contributed by atoms with Gasteiger partial charge in [0.1, 0.15) is 16.5 Å². The maximum Gasteiger partial charge on any atom is 0.247 e. The van der Waals surface area contributed by atoms with Crippen molar-refractivity contribution < 1.29 is 8.42 Å². The molecule has 8 nitrogen and oxygen atoms in total. The topological polar surface area (TPSA) is 93.0 Å². The molecule has 9 heteroatoms. The van der Waals surface area contributed by atoms with E-state index in [0.717, 1.165) is 30.7 Å². The third-order valence-electron chi connectivity index (χ3n) is 5.40. The normalized spacial score (nSPS) is 17.2. The molecule has 3 aromatic heterocycles. The van der Waals surface area contributed by atoms with Gasteiger partial charge in [0.15, 0.2) is 0 Å². The van der Waals surface area contributed by atoms with Crippen LogP contribution < -0.4 is 5.32 Å². The number of nitrogens with one attached hydrogen (secondary N) is 1. The zero-order chi connectivity index (χ0) is 22.0. The zero-order valence-corrected chi connectivity index (χ0v) is 18.9. The first-order valence-corrected chi connectivity index (χ1v) is 12.1. The maximum absolute atomic E-state index is 13.5. The Morgan fingerprint density at radius 3 is 2.58 bits per heavy atom. The van der Waals surface area contributed by atoms with Gasteiger partial charge in [-0.3, -0.25) is 4.68 Å². The number of rotatable bonds is 7. The van der Waals surface area contributed by atoms with Gasteiger partial charge in [0.2, 0.25) is 10.0 Å². The first kappa shape index (κ1) is 21.5. The van der Waals surface area contributed by atoms with Crippen LogP contribution in [0, 0.1) is 13.8 Å². The van der Waals surface area contributed by atoms with E-state index in [9.17, 15) is 8.42 Å². The fraction of sp³-hybridized carbons (Fsp3) is 0.409. The Morgan fingerprint density at radius 2 is 1.84 bits per heavy atom. The third kappa shape index (κ3) is 4.47. The van der Waals surface area contributed by atoms with Gasteiger partial charge >= 0.3 is 0 Å². The van der Waals surface area contributed by atoms with Gasteiger partial charge in [0, 0.05) is 25.0 Å². The standard InChI is InChI=1S/C22H28N6O2S/c1-4-13-27-15-20(17(3)26-27)31(29,30)28-14-7-10-19(28)18-9-6-12-22(24-18)25-21-11-5-8-16(2)23-21/h5-6,8-9,11-12,15,19H,4,7,10,13-14H2,1-3H3,(H,23,24,25)/t19-/m0/s1. The number of pyridine rings is 2. The maximum atomic E-state index is 13.5. The van der Waals surface area contributed by atoms with Crippen LogP contribution in [0.3, 0.4) is 0 Å². The number of aryl methyl sites for hydroxylation is 3. The molecule has 1 atom stereocenters. The van der Waals surface area contributed by atoms with Crippen LogP contribution in [0.5, 0.6) is 0 Å². The van der Waals surface area contributed by atoms with Gasteiger partial charge in [0.05, 0.1) is 17.4 Å². The summed E-state index contributed by atoms with van der Waals surface area (Å²) in [6, 6.07) is 11.1. The summed E-state index contributed by atoms with van der Waals surface area (Å²) in [4.78, 5) is 9.45. The number of hydrogen-bond donors (Lipinski definition) is 1. The Morgan fingerprint density at radius 1 is 1.10 bits per heavy atom. The molecule has 31 heavy (non-hydrogen) atoms. The third-order valence-corrected chi connectivity index (χ3v) is 7.41. The van der Waals surface area contributed by atoms with Gasteiger partial charge < -0.3 is 5.32 Å². The second kappa shape index (κ2) is 8.76. The highest BCUT2D eigenvalue weighted by Gasteiger charge is 2.38. The van der Waals surface area contributed by atoms with Crippen LogP contribution in [0.4, 0.5) is 11.6 Å². The Kier molecular flexibility index (Phi) is 6.06. The number of nitrogens with zero attached hydrogens (tertiary/aromatic N) is 5. The summed E-state index contributed by atoms with van der Waals surface area (Å²) in [6.07, 6.45) is 4.08. The molecule has 0 unspecified atom stereocenters. The van der Waals surface area contributed by atoms with Crippen molar-refractivity contribution in [1.29, 1.82) is 0 Å². The van der Waals surface area contributed by atoms with Gasteiger partial charge in [0.25, 0.3) is 0 Å². The Bertz CT molecular complexity index is 1170. The van der Waals surface area contributed by atoms with Crippen LogP contribution in [-0.2, 0) is 16.6 Å². The van der Waals surface area contributed by atoms with E-state index in [4.69, 9.17) is 4.98 Å². The summed E-state index contributed by atoms with van der Waals surface area (Å²) in [5, 5.41) is 7.60. The van der Waals surface area contributed by atoms with E-state index in [1.807, 2.05) is 50.2 Å². The molecule has 1 N–H and O–H groups in total. The van der Waals surface area contributed by atoms with E-state index in [-0.39, 0.29) is 10.9 Å². The molecule has 0 aliphatic carbocycles. The van der Waals surface area contributed by atoms with Crippen LogP contribution in [-0.4, -0.2) is 39.0 Å². The van der Waals surface area contributed by atoms with E-state index < -0.39 is 10.0 Å². The molecule has 1 aliphatic rings. The van der Waals surface area contributed by atoms with Crippen molar-refractivity contribution in [3.8, 4) is 0 Å². The Balaban J connectivity index is 1.61. The van der Waals surface area contributed by atoms with Gasteiger partial charge in [-0.1, -0.05) is 19.1 Å². The summed E-state index contributed by atoms with van der Waals surface area (Å²) >= 11 is 0. The fourth-order valence-electron chi connectivity index (χ4n) is 4.00. The van der Waals surface area contributed by atoms with E-state index >= 15 is 0 Å². The van der Waals surface area contributed by atoms with E-state index in [2.05, 4.69) is 15.4 Å². The van der Waals surface area contributed by atoms with Crippen molar-refractivity contribution in [2.45, 2.75) is 57.5 Å². The molecule has 0 saturated carbocycles. The average Bonchev–Trinajstić information content (AvgIpc) is 3.36. The summed E-state index contributed by atoms with van der Waals surface area (Å²) in [5.74, 6) is 1.35. The summed E-state index contributed by atoms with van der Waals surface area (Å²) < 4.78 is 30.3. The van der Waals surface area contributed by atoms with E-state index in [0.29, 0.717) is 30.4 Å². The Hall–Kier alpha value is -2.78. The molecule has 4 rings (SSSR count). The molecule has 164 valence electrons. The van der Waals surface area contributed by atoms with E-state index in [1.54, 1.807) is 22.1 Å². The first-order valence-electron chi connectivity index (χ1n) is 10.6. The molecule has 4 heterocycles. The van der Waals surface area contributed by atoms with E-state index in [1.165, 1.54) is 0 Å². The minimum Gasteiger partial charge on any atom is -0.325 e. The van der Waals surface area contributed by atoms with Crippen molar-refractivity contribution >= 4 is 21.7 Å².